The van der Waals surface area contributed by atoms with Gasteiger partial charge in [-0.2, -0.15) is 0 Å². The Morgan fingerprint density at radius 2 is 1.88 bits per heavy atom. The van der Waals surface area contributed by atoms with Gasteiger partial charge in [0, 0.05) is 23.5 Å². The molecular weight excluding hydrogens is 252 g/mol. The molecular formula is C13H19ClN2S. The zero-order valence-electron chi connectivity index (χ0n) is 10.5. The lowest BCUT2D eigenvalue weighted by Crippen LogP contribution is -2.33. The quantitative estimate of drug-likeness (QED) is 0.833. The molecule has 4 heteroatoms. The van der Waals surface area contributed by atoms with E-state index < -0.39 is 0 Å². The SMILES string of the molecule is CC(CN(C)C(C)c1ccc(Cl)cc1)C(N)=S. The van der Waals surface area contributed by atoms with Gasteiger partial charge in [0.15, 0.2) is 0 Å². The van der Waals surface area contributed by atoms with E-state index in [0.29, 0.717) is 11.0 Å². The van der Waals surface area contributed by atoms with E-state index in [2.05, 4.69) is 31.0 Å². The lowest BCUT2D eigenvalue weighted by molar-refractivity contribution is 0.247. The second-order valence-electron chi connectivity index (χ2n) is 4.47. The third-order valence-electron chi connectivity index (χ3n) is 3.06. The van der Waals surface area contributed by atoms with Crippen LogP contribution in [-0.2, 0) is 0 Å². The van der Waals surface area contributed by atoms with Crippen molar-refractivity contribution in [2.45, 2.75) is 19.9 Å². The molecule has 2 unspecified atom stereocenters. The predicted octanol–water partition coefficient (Wildman–Crippen LogP) is 3.26. The largest absolute Gasteiger partial charge is 0.393 e. The maximum atomic E-state index is 5.87. The third kappa shape index (κ3) is 4.26. The molecule has 0 heterocycles. The van der Waals surface area contributed by atoms with Crippen molar-refractivity contribution in [2.24, 2.45) is 11.7 Å². The van der Waals surface area contributed by atoms with E-state index in [4.69, 9.17) is 29.6 Å². The fraction of sp³-hybridized carbons (Fsp3) is 0.462. The van der Waals surface area contributed by atoms with Crippen LogP contribution in [0.4, 0.5) is 0 Å². The number of nitrogens with zero attached hydrogens (tertiary/aromatic N) is 1. The number of halogens is 1. The molecule has 0 aromatic heterocycles. The summed E-state index contributed by atoms with van der Waals surface area (Å²) in [5, 5.41) is 0.764. The van der Waals surface area contributed by atoms with E-state index in [-0.39, 0.29) is 5.92 Å². The topological polar surface area (TPSA) is 29.3 Å². The Morgan fingerprint density at radius 3 is 2.35 bits per heavy atom. The Labute approximate surface area is 114 Å². The highest BCUT2D eigenvalue weighted by Gasteiger charge is 2.15. The Hall–Kier alpha value is -0.640. The minimum absolute atomic E-state index is 0.227. The van der Waals surface area contributed by atoms with E-state index in [9.17, 15) is 0 Å². The van der Waals surface area contributed by atoms with Crippen molar-refractivity contribution in [1.82, 2.24) is 4.90 Å². The molecule has 0 spiro atoms. The molecule has 2 N–H and O–H groups in total. The molecule has 0 saturated carbocycles. The number of thiocarbonyl (C=S) groups is 1. The van der Waals surface area contributed by atoms with Crippen LogP contribution >= 0.6 is 23.8 Å². The molecule has 0 aliphatic heterocycles. The molecule has 0 fully saturated rings. The summed E-state index contributed by atoms with van der Waals surface area (Å²) in [6.45, 7) is 5.07. The van der Waals surface area contributed by atoms with Crippen LogP contribution in [0.1, 0.15) is 25.5 Å². The number of nitrogens with two attached hydrogens (primary N) is 1. The maximum absolute atomic E-state index is 5.87. The molecule has 1 aromatic rings. The van der Waals surface area contributed by atoms with Gasteiger partial charge in [-0.25, -0.2) is 0 Å². The third-order valence-corrected chi connectivity index (χ3v) is 3.72. The molecule has 2 atom stereocenters. The number of rotatable bonds is 5. The van der Waals surface area contributed by atoms with Gasteiger partial charge < -0.3 is 5.73 Å². The molecule has 0 amide bonds. The van der Waals surface area contributed by atoms with Crippen LogP contribution in [-0.4, -0.2) is 23.5 Å². The predicted molar refractivity (Wildman–Crippen MR) is 78.4 cm³/mol. The molecule has 0 saturated heterocycles. The van der Waals surface area contributed by atoms with Crippen LogP contribution in [0.25, 0.3) is 0 Å². The molecule has 17 heavy (non-hydrogen) atoms. The minimum Gasteiger partial charge on any atom is -0.393 e. The summed E-state index contributed by atoms with van der Waals surface area (Å²) in [4.78, 5) is 2.81. The van der Waals surface area contributed by atoms with Gasteiger partial charge in [0.2, 0.25) is 0 Å². The van der Waals surface area contributed by atoms with E-state index >= 15 is 0 Å². The van der Waals surface area contributed by atoms with Crippen molar-refractivity contribution < 1.29 is 0 Å². The highest BCUT2D eigenvalue weighted by atomic mass is 35.5. The molecule has 2 nitrogen and oxygen atoms in total. The van der Waals surface area contributed by atoms with Gasteiger partial charge in [-0.15, -0.1) is 0 Å². The average molecular weight is 271 g/mol. The summed E-state index contributed by atoms with van der Waals surface area (Å²) < 4.78 is 0. The van der Waals surface area contributed by atoms with Gasteiger partial charge in [-0.3, -0.25) is 4.90 Å². The standard InChI is InChI=1S/C13H19ClN2S/c1-9(13(15)17)8-16(3)10(2)11-4-6-12(14)7-5-11/h4-7,9-10H,8H2,1-3H3,(H2,15,17). The normalized spacial score (nSPS) is 14.6. The molecule has 0 bridgehead atoms. The fourth-order valence-electron chi connectivity index (χ4n) is 1.68. The van der Waals surface area contributed by atoms with Gasteiger partial charge in [0.25, 0.3) is 0 Å². The molecule has 1 aromatic carbocycles. The summed E-state index contributed by atoms with van der Waals surface area (Å²) in [5.74, 6) is 0.227. The molecule has 0 aliphatic carbocycles. The monoisotopic (exact) mass is 270 g/mol. The smallest absolute Gasteiger partial charge is 0.0768 e. The van der Waals surface area contributed by atoms with Crippen molar-refractivity contribution in [3.8, 4) is 0 Å². The van der Waals surface area contributed by atoms with E-state index in [1.54, 1.807) is 0 Å². The first kappa shape index (κ1) is 14.4. The zero-order valence-corrected chi connectivity index (χ0v) is 12.1. The highest BCUT2D eigenvalue weighted by Crippen LogP contribution is 2.21. The summed E-state index contributed by atoms with van der Waals surface area (Å²) in [5.41, 5.74) is 6.87. The Balaban J connectivity index is 2.66. The molecule has 94 valence electrons. The van der Waals surface area contributed by atoms with E-state index in [0.717, 1.165) is 11.6 Å². The van der Waals surface area contributed by atoms with Gasteiger partial charge in [0.05, 0.1) is 4.99 Å². The lowest BCUT2D eigenvalue weighted by atomic mass is 10.1. The maximum Gasteiger partial charge on any atom is 0.0768 e. The number of hydrogen-bond donors (Lipinski definition) is 1. The van der Waals surface area contributed by atoms with Gasteiger partial charge in [-0.05, 0) is 31.7 Å². The summed E-state index contributed by atoms with van der Waals surface area (Å²) >= 11 is 10.9. The molecule has 1 rings (SSSR count). The second kappa shape index (κ2) is 6.34. The van der Waals surface area contributed by atoms with Crippen molar-refractivity contribution in [3.05, 3.63) is 34.9 Å². The van der Waals surface area contributed by atoms with Crippen molar-refractivity contribution >= 4 is 28.8 Å². The average Bonchev–Trinajstić information content (AvgIpc) is 2.28. The van der Waals surface area contributed by atoms with Crippen molar-refractivity contribution in [2.75, 3.05) is 13.6 Å². The Kier molecular flexibility index (Phi) is 5.37. The molecule has 0 aliphatic rings. The highest BCUT2D eigenvalue weighted by molar-refractivity contribution is 7.80. The first-order valence-corrected chi connectivity index (χ1v) is 6.45. The first-order valence-electron chi connectivity index (χ1n) is 5.67. The van der Waals surface area contributed by atoms with Gasteiger partial charge in [-0.1, -0.05) is 42.9 Å². The van der Waals surface area contributed by atoms with Gasteiger partial charge in [0.1, 0.15) is 0 Å². The van der Waals surface area contributed by atoms with E-state index in [1.165, 1.54) is 5.56 Å². The van der Waals surface area contributed by atoms with Crippen LogP contribution in [0.5, 0.6) is 0 Å². The Bertz CT molecular complexity index is 378. The van der Waals surface area contributed by atoms with Crippen LogP contribution in [0, 0.1) is 5.92 Å². The summed E-state index contributed by atoms with van der Waals surface area (Å²) in [6.07, 6.45) is 0. The van der Waals surface area contributed by atoms with Crippen LogP contribution in [0.3, 0.4) is 0 Å². The number of benzene rings is 1. The van der Waals surface area contributed by atoms with Gasteiger partial charge >= 0.3 is 0 Å². The van der Waals surface area contributed by atoms with Crippen molar-refractivity contribution in [1.29, 1.82) is 0 Å². The van der Waals surface area contributed by atoms with Crippen LogP contribution in [0.15, 0.2) is 24.3 Å². The van der Waals surface area contributed by atoms with Crippen LogP contribution < -0.4 is 5.73 Å². The van der Waals surface area contributed by atoms with Crippen molar-refractivity contribution in [3.63, 3.8) is 0 Å². The first-order chi connectivity index (χ1) is 7.91. The minimum atomic E-state index is 0.227. The fourth-order valence-corrected chi connectivity index (χ4v) is 1.88. The summed E-state index contributed by atoms with van der Waals surface area (Å²) in [7, 11) is 2.08. The van der Waals surface area contributed by atoms with E-state index in [1.807, 2.05) is 19.1 Å². The zero-order chi connectivity index (χ0) is 13.0. The van der Waals surface area contributed by atoms with Crippen LogP contribution in [0.2, 0.25) is 5.02 Å². The lowest BCUT2D eigenvalue weighted by Gasteiger charge is -2.27. The number of hydrogen-bond acceptors (Lipinski definition) is 2. The summed E-state index contributed by atoms with van der Waals surface area (Å²) in [6, 6.07) is 8.25. The Morgan fingerprint density at radius 1 is 1.35 bits per heavy atom. The second-order valence-corrected chi connectivity index (χ2v) is 5.38. The molecule has 0 radical (unpaired) electrons.